The lowest BCUT2D eigenvalue weighted by atomic mass is 10.1. The first kappa shape index (κ1) is 26.6. The average molecular weight is 531 g/mol. The standard InChI is InChI=1S/C30H35FN6O2/c1-5-8-20(2)27-32-28(26-21(3)34-37(29(26)33-27)24-13-11-23(31)12-14-24)35-15-7-16-36(18-17-35)30(38)22-9-6-10-25(19-22)39-4/h6,9-14,19-20H,5,7-8,15-18H2,1-4H3/t20-/m1/s1. The van der Waals surface area contributed by atoms with Crippen LogP contribution in [0.2, 0.25) is 0 Å². The van der Waals surface area contributed by atoms with Crippen LogP contribution in [0.3, 0.4) is 0 Å². The maximum Gasteiger partial charge on any atom is 0.254 e. The zero-order valence-electron chi connectivity index (χ0n) is 23.0. The van der Waals surface area contributed by atoms with Gasteiger partial charge in [0.15, 0.2) is 5.65 Å². The van der Waals surface area contributed by atoms with Gasteiger partial charge in [-0.3, -0.25) is 4.79 Å². The van der Waals surface area contributed by atoms with Crippen molar-refractivity contribution in [1.82, 2.24) is 24.6 Å². The van der Waals surface area contributed by atoms with Crippen LogP contribution in [0, 0.1) is 12.7 Å². The van der Waals surface area contributed by atoms with Crippen LogP contribution in [0.5, 0.6) is 5.75 Å². The van der Waals surface area contributed by atoms with Gasteiger partial charge in [0.2, 0.25) is 0 Å². The number of amides is 1. The van der Waals surface area contributed by atoms with Gasteiger partial charge >= 0.3 is 0 Å². The Morgan fingerprint density at radius 1 is 1.08 bits per heavy atom. The number of hydrogen-bond donors (Lipinski definition) is 0. The smallest absolute Gasteiger partial charge is 0.254 e. The summed E-state index contributed by atoms with van der Waals surface area (Å²) >= 11 is 0. The highest BCUT2D eigenvalue weighted by atomic mass is 19.1. The molecule has 2 aromatic heterocycles. The molecular formula is C30H35FN6O2. The highest BCUT2D eigenvalue weighted by Crippen LogP contribution is 2.32. The molecule has 0 radical (unpaired) electrons. The van der Waals surface area contributed by atoms with E-state index in [0.717, 1.165) is 59.9 Å². The van der Waals surface area contributed by atoms with Gasteiger partial charge < -0.3 is 14.5 Å². The van der Waals surface area contributed by atoms with Crippen molar-refractivity contribution in [2.45, 2.75) is 46.0 Å². The number of carbonyl (C=O) groups is 1. The fraction of sp³-hybridized carbons (Fsp3) is 0.400. The Morgan fingerprint density at radius 2 is 1.87 bits per heavy atom. The molecule has 1 saturated heterocycles. The lowest BCUT2D eigenvalue weighted by molar-refractivity contribution is 0.0766. The molecule has 0 bridgehead atoms. The van der Waals surface area contributed by atoms with Gasteiger partial charge in [-0.15, -0.1) is 0 Å². The molecule has 0 N–H and O–H groups in total. The number of halogens is 1. The number of carbonyl (C=O) groups excluding carboxylic acids is 1. The molecule has 0 aliphatic carbocycles. The summed E-state index contributed by atoms with van der Waals surface area (Å²) in [4.78, 5) is 27.6. The molecule has 204 valence electrons. The van der Waals surface area contributed by atoms with Crippen molar-refractivity contribution in [2.75, 3.05) is 38.2 Å². The third-order valence-electron chi connectivity index (χ3n) is 7.33. The first-order valence-electron chi connectivity index (χ1n) is 13.6. The molecule has 39 heavy (non-hydrogen) atoms. The van der Waals surface area contributed by atoms with Crippen LogP contribution < -0.4 is 9.64 Å². The second-order valence-corrected chi connectivity index (χ2v) is 10.1. The van der Waals surface area contributed by atoms with Crippen LogP contribution >= 0.6 is 0 Å². The second kappa shape index (κ2) is 11.4. The van der Waals surface area contributed by atoms with Crippen LogP contribution in [0.1, 0.15) is 60.9 Å². The topological polar surface area (TPSA) is 76.4 Å². The minimum atomic E-state index is -0.294. The summed E-state index contributed by atoms with van der Waals surface area (Å²) in [7, 11) is 1.60. The predicted octanol–water partition coefficient (Wildman–Crippen LogP) is 5.53. The van der Waals surface area contributed by atoms with Gasteiger partial charge in [-0.05, 0) is 62.2 Å². The Kier molecular flexibility index (Phi) is 7.77. The van der Waals surface area contributed by atoms with Crippen LogP contribution in [-0.4, -0.2) is 63.8 Å². The van der Waals surface area contributed by atoms with E-state index in [9.17, 15) is 9.18 Å². The molecule has 0 unspecified atom stereocenters. The predicted molar refractivity (Wildman–Crippen MR) is 150 cm³/mol. The minimum absolute atomic E-state index is 0.00107. The molecule has 4 aromatic rings. The van der Waals surface area contributed by atoms with Gasteiger partial charge in [-0.2, -0.15) is 5.10 Å². The highest BCUT2D eigenvalue weighted by molar-refractivity contribution is 5.95. The van der Waals surface area contributed by atoms with E-state index >= 15 is 0 Å². The number of aryl methyl sites for hydroxylation is 1. The van der Waals surface area contributed by atoms with E-state index in [1.807, 2.05) is 30.0 Å². The fourth-order valence-electron chi connectivity index (χ4n) is 5.22. The molecule has 1 amide bonds. The number of nitrogens with zero attached hydrogens (tertiary/aromatic N) is 6. The second-order valence-electron chi connectivity index (χ2n) is 10.1. The quantitative estimate of drug-likeness (QED) is 0.313. The average Bonchev–Trinajstić information content (AvgIpc) is 3.11. The van der Waals surface area contributed by atoms with Gasteiger partial charge in [0, 0.05) is 37.7 Å². The van der Waals surface area contributed by atoms with Crippen molar-refractivity contribution in [2.24, 2.45) is 0 Å². The SMILES string of the molecule is CCC[C@@H](C)c1nc(N2CCCN(C(=O)c3cccc(OC)c3)CC2)c2c(C)nn(-c3ccc(F)cc3)c2n1. The molecule has 1 aliphatic heterocycles. The first-order chi connectivity index (χ1) is 18.9. The van der Waals surface area contributed by atoms with Gasteiger partial charge in [-0.25, -0.2) is 19.0 Å². The van der Waals surface area contributed by atoms with Crippen LogP contribution in [0.25, 0.3) is 16.7 Å². The van der Waals surface area contributed by atoms with Crippen LogP contribution in [-0.2, 0) is 0 Å². The summed E-state index contributed by atoms with van der Waals surface area (Å²) in [6.07, 6.45) is 2.81. The first-order valence-corrected chi connectivity index (χ1v) is 13.6. The van der Waals surface area contributed by atoms with Crippen molar-refractivity contribution < 1.29 is 13.9 Å². The summed E-state index contributed by atoms with van der Waals surface area (Å²) in [5, 5.41) is 5.69. The summed E-state index contributed by atoms with van der Waals surface area (Å²) in [5.41, 5.74) is 2.90. The Balaban J connectivity index is 1.51. The van der Waals surface area contributed by atoms with E-state index in [4.69, 9.17) is 19.8 Å². The molecule has 2 aromatic carbocycles. The Morgan fingerprint density at radius 3 is 2.62 bits per heavy atom. The van der Waals surface area contributed by atoms with E-state index in [-0.39, 0.29) is 17.6 Å². The summed E-state index contributed by atoms with van der Waals surface area (Å²) in [5.74, 6) is 2.17. The molecule has 1 atom stereocenters. The zero-order chi connectivity index (χ0) is 27.5. The number of ether oxygens (including phenoxy) is 1. The van der Waals surface area contributed by atoms with E-state index < -0.39 is 0 Å². The highest BCUT2D eigenvalue weighted by Gasteiger charge is 2.26. The van der Waals surface area contributed by atoms with E-state index in [1.54, 1.807) is 30.0 Å². The molecule has 8 nitrogen and oxygen atoms in total. The lowest BCUT2D eigenvalue weighted by Gasteiger charge is -2.24. The van der Waals surface area contributed by atoms with Gasteiger partial charge in [0.25, 0.3) is 5.91 Å². The number of methoxy groups -OCH3 is 1. The zero-order valence-corrected chi connectivity index (χ0v) is 23.0. The number of fused-ring (bicyclic) bond motifs is 1. The third kappa shape index (κ3) is 5.44. The molecule has 5 rings (SSSR count). The maximum atomic E-state index is 13.7. The van der Waals surface area contributed by atoms with Crippen molar-refractivity contribution in [1.29, 1.82) is 0 Å². The number of aromatic nitrogens is 4. The largest absolute Gasteiger partial charge is 0.497 e. The van der Waals surface area contributed by atoms with E-state index in [0.29, 0.717) is 30.9 Å². The third-order valence-corrected chi connectivity index (χ3v) is 7.33. The number of hydrogen-bond acceptors (Lipinski definition) is 6. The van der Waals surface area contributed by atoms with Crippen molar-refractivity contribution in [3.63, 3.8) is 0 Å². The molecule has 0 saturated carbocycles. The summed E-state index contributed by atoms with van der Waals surface area (Å²) in [6, 6.07) is 13.6. The van der Waals surface area contributed by atoms with Crippen LogP contribution in [0.4, 0.5) is 10.2 Å². The Labute approximate surface area is 228 Å². The van der Waals surface area contributed by atoms with E-state index in [1.165, 1.54) is 12.1 Å². The van der Waals surface area contributed by atoms with Gasteiger partial charge in [-0.1, -0.05) is 26.3 Å². The normalized spacial score (nSPS) is 14.9. The lowest BCUT2D eigenvalue weighted by Crippen LogP contribution is -2.35. The summed E-state index contributed by atoms with van der Waals surface area (Å²) < 4.78 is 20.8. The van der Waals surface area contributed by atoms with Crippen LogP contribution in [0.15, 0.2) is 48.5 Å². The molecule has 3 heterocycles. The fourth-order valence-corrected chi connectivity index (χ4v) is 5.22. The number of anilines is 1. The van der Waals surface area contributed by atoms with Crippen molar-refractivity contribution >= 4 is 22.8 Å². The summed E-state index contributed by atoms with van der Waals surface area (Å²) in [6.45, 7) is 8.91. The Bertz CT molecular complexity index is 1470. The number of benzene rings is 2. The maximum absolute atomic E-state index is 13.7. The molecular weight excluding hydrogens is 495 g/mol. The monoisotopic (exact) mass is 530 g/mol. The van der Waals surface area contributed by atoms with E-state index in [2.05, 4.69) is 18.7 Å². The molecule has 1 aliphatic rings. The van der Waals surface area contributed by atoms with Crippen molar-refractivity contribution in [3.8, 4) is 11.4 Å². The molecule has 1 fully saturated rings. The molecule has 0 spiro atoms. The van der Waals surface area contributed by atoms with Gasteiger partial charge in [0.05, 0.1) is 23.9 Å². The minimum Gasteiger partial charge on any atom is -0.497 e. The van der Waals surface area contributed by atoms with Gasteiger partial charge in [0.1, 0.15) is 23.2 Å². The number of rotatable bonds is 7. The Hall–Kier alpha value is -4.01. The molecule has 9 heteroatoms. The van der Waals surface area contributed by atoms with Crippen molar-refractivity contribution in [3.05, 3.63) is 71.4 Å².